The summed E-state index contributed by atoms with van der Waals surface area (Å²) in [4.78, 5) is 23.4. The van der Waals surface area contributed by atoms with Crippen LogP contribution in [0.2, 0.25) is 0 Å². The molecule has 3 aromatic rings. The number of nitro groups is 1. The van der Waals surface area contributed by atoms with E-state index < -0.39 is 20.7 Å². The predicted molar refractivity (Wildman–Crippen MR) is 85.2 cm³/mol. The van der Waals surface area contributed by atoms with E-state index in [1.54, 1.807) is 0 Å². The molecular formula is C13H10N4O6S. The van der Waals surface area contributed by atoms with E-state index in [2.05, 4.69) is 9.71 Å². The number of nitrogens with two attached hydrogens (primary N) is 1. The topological polar surface area (TPSA) is 161 Å². The minimum absolute atomic E-state index is 0.00128. The Balaban J connectivity index is 1.98. The van der Waals surface area contributed by atoms with Crippen LogP contribution < -0.4 is 16.2 Å². The van der Waals surface area contributed by atoms with Gasteiger partial charge in [-0.15, -0.1) is 0 Å². The number of hydrogen-bond donors (Lipinski definition) is 3. The number of hydrogen-bond acceptors (Lipinski definition) is 7. The van der Waals surface area contributed by atoms with Crippen LogP contribution in [0.4, 0.5) is 17.1 Å². The molecule has 0 amide bonds. The number of benzene rings is 2. The Morgan fingerprint density at radius 1 is 1.21 bits per heavy atom. The van der Waals surface area contributed by atoms with Crippen molar-refractivity contribution < 1.29 is 17.8 Å². The summed E-state index contributed by atoms with van der Waals surface area (Å²) in [6.45, 7) is 0. The number of oxazole rings is 1. The smallest absolute Gasteiger partial charge is 0.408 e. The van der Waals surface area contributed by atoms with Crippen LogP contribution in [0.3, 0.4) is 0 Å². The summed E-state index contributed by atoms with van der Waals surface area (Å²) < 4.78 is 31.8. The molecule has 0 aliphatic heterocycles. The molecule has 0 radical (unpaired) electrons. The van der Waals surface area contributed by atoms with Gasteiger partial charge in [0.25, 0.3) is 15.7 Å². The lowest BCUT2D eigenvalue weighted by atomic mass is 10.2. The Hall–Kier alpha value is -3.34. The Morgan fingerprint density at radius 3 is 2.62 bits per heavy atom. The molecule has 0 bridgehead atoms. The number of aromatic nitrogens is 1. The number of nitrogen functional groups attached to an aromatic ring is 1. The highest BCUT2D eigenvalue weighted by Crippen LogP contribution is 2.27. The first-order chi connectivity index (χ1) is 11.3. The summed E-state index contributed by atoms with van der Waals surface area (Å²) in [5.74, 6) is -0.702. The normalized spacial score (nSPS) is 11.5. The quantitative estimate of drug-likeness (QED) is 0.364. The zero-order valence-corrected chi connectivity index (χ0v) is 12.7. The lowest BCUT2D eigenvalue weighted by Gasteiger charge is -2.10. The summed E-state index contributed by atoms with van der Waals surface area (Å²) in [7, 11) is -4.01. The highest BCUT2D eigenvalue weighted by atomic mass is 32.2. The number of rotatable bonds is 4. The molecule has 124 valence electrons. The first-order valence-corrected chi connectivity index (χ1v) is 7.94. The maximum absolute atomic E-state index is 12.4. The van der Waals surface area contributed by atoms with Crippen LogP contribution in [0.1, 0.15) is 0 Å². The third kappa shape index (κ3) is 2.79. The number of anilines is 2. The molecule has 11 heteroatoms. The van der Waals surface area contributed by atoms with Crippen molar-refractivity contribution in [2.75, 3.05) is 10.5 Å². The zero-order chi connectivity index (χ0) is 17.5. The summed E-state index contributed by atoms with van der Waals surface area (Å²) in [5, 5.41) is 10.7. The van der Waals surface area contributed by atoms with Gasteiger partial charge >= 0.3 is 5.76 Å². The largest absolute Gasteiger partial charge is 0.417 e. The fraction of sp³-hybridized carbons (Fsp3) is 0. The van der Waals surface area contributed by atoms with Crippen LogP contribution in [0, 0.1) is 10.1 Å². The van der Waals surface area contributed by atoms with Crippen LogP contribution in [0.15, 0.2) is 50.5 Å². The summed E-state index contributed by atoms with van der Waals surface area (Å²) >= 11 is 0. The number of fused-ring (bicyclic) bond motifs is 1. The summed E-state index contributed by atoms with van der Waals surface area (Å²) in [5.41, 5.74) is 5.74. The van der Waals surface area contributed by atoms with Crippen molar-refractivity contribution >= 4 is 38.2 Å². The number of nitro benzene ring substituents is 1. The van der Waals surface area contributed by atoms with E-state index in [-0.39, 0.29) is 33.1 Å². The highest BCUT2D eigenvalue weighted by Gasteiger charge is 2.18. The van der Waals surface area contributed by atoms with Gasteiger partial charge in [-0.05, 0) is 24.3 Å². The van der Waals surface area contributed by atoms with Gasteiger partial charge in [0.1, 0.15) is 0 Å². The molecule has 2 aromatic carbocycles. The van der Waals surface area contributed by atoms with E-state index in [0.717, 1.165) is 12.1 Å². The lowest BCUT2D eigenvalue weighted by molar-refractivity contribution is -0.384. The van der Waals surface area contributed by atoms with Crippen molar-refractivity contribution in [1.82, 2.24) is 4.98 Å². The van der Waals surface area contributed by atoms with Crippen molar-refractivity contribution in [1.29, 1.82) is 0 Å². The molecule has 0 saturated carbocycles. The van der Waals surface area contributed by atoms with Crippen LogP contribution in [0.25, 0.3) is 11.1 Å². The van der Waals surface area contributed by atoms with Crippen molar-refractivity contribution in [2.45, 2.75) is 4.90 Å². The first-order valence-electron chi connectivity index (χ1n) is 6.46. The third-order valence-electron chi connectivity index (χ3n) is 3.19. The zero-order valence-electron chi connectivity index (χ0n) is 11.8. The first kappa shape index (κ1) is 15.6. The maximum atomic E-state index is 12.4. The molecule has 4 N–H and O–H groups in total. The Morgan fingerprint density at radius 2 is 1.96 bits per heavy atom. The second kappa shape index (κ2) is 5.38. The molecule has 0 fully saturated rings. The summed E-state index contributed by atoms with van der Waals surface area (Å²) in [6.07, 6.45) is 0. The Bertz CT molecular complexity index is 1110. The highest BCUT2D eigenvalue weighted by molar-refractivity contribution is 7.92. The third-order valence-corrected chi connectivity index (χ3v) is 4.55. The van der Waals surface area contributed by atoms with E-state index in [9.17, 15) is 23.3 Å². The maximum Gasteiger partial charge on any atom is 0.417 e. The molecule has 3 rings (SSSR count). The Kier molecular flexibility index (Phi) is 3.49. The van der Waals surface area contributed by atoms with E-state index in [0.29, 0.717) is 0 Å². The van der Waals surface area contributed by atoms with Gasteiger partial charge in [0.2, 0.25) is 0 Å². The number of non-ortho nitro benzene ring substituents is 1. The number of nitrogens with one attached hydrogen (secondary N) is 2. The van der Waals surface area contributed by atoms with Gasteiger partial charge in [-0.2, -0.15) is 0 Å². The fourth-order valence-corrected chi connectivity index (χ4v) is 3.17. The number of sulfonamides is 1. The monoisotopic (exact) mass is 350 g/mol. The second-order valence-corrected chi connectivity index (χ2v) is 6.49. The van der Waals surface area contributed by atoms with Gasteiger partial charge in [0.15, 0.2) is 5.58 Å². The SMILES string of the molecule is Nc1cc([N+](=O)[O-])ccc1NS(=O)(=O)c1ccc2oc(=O)[nH]c2c1. The van der Waals surface area contributed by atoms with Gasteiger partial charge in [-0.3, -0.25) is 19.8 Å². The Labute approximate surface area is 134 Å². The van der Waals surface area contributed by atoms with Crippen molar-refractivity contribution in [3.8, 4) is 0 Å². The molecule has 1 heterocycles. The van der Waals surface area contributed by atoms with Crippen LogP contribution in [-0.4, -0.2) is 18.3 Å². The number of nitrogens with zero attached hydrogens (tertiary/aromatic N) is 1. The minimum Gasteiger partial charge on any atom is -0.408 e. The van der Waals surface area contributed by atoms with E-state index in [4.69, 9.17) is 10.2 Å². The molecule has 1 aromatic heterocycles. The van der Waals surface area contributed by atoms with E-state index in [1.165, 1.54) is 24.3 Å². The molecule has 0 atom stereocenters. The summed E-state index contributed by atoms with van der Waals surface area (Å²) in [6, 6.07) is 7.19. The average Bonchev–Trinajstić information content (AvgIpc) is 2.88. The van der Waals surface area contributed by atoms with Crippen molar-refractivity contribution in [2.24, 2.45) is 0 Å². The molecule has 0 aliphatic rings. The minimum atomic E-state index is -4.01. The molecule has 0 spiro atoms. The van der Waals surface area contributed by atoms with Crippen LogP contribution in [0.5, 0.6) is 0 Å². The fourth-order valence-electron chi connectivity index (χ4n) is 2.06. The molecule has 0 saturated heterocycles. The van der Waals surface area contributed by atoms with Crippen molar-refractivity contribution in [3.05, 3.63) is 57.1 Å². The average molecular weight is 350 g/mol. The van der Waals surface area contributed by atoms with Gasteiger partial charge < -0.3 is 10.2 Å². The predicted octanol–water partition coefficient (Wildman–Crippen LogP) is 1.41. The van der Waals surface area contributed by atoms with Gasteiger partial charge in [-0.25, -0.2) is 13.2 Å². The van der Waals surface area contributed by atoms with E-state index in [1.807, 2.05) is 0 Å². The van der Waals surface area contributed by atoms with Crippen LogP contribution >= 0.6 is 0 Å². The molecule has 24 heavy (non-hydrogen) atoms. The lowest BCUT2D eigenvalue weighted by Crippen LogP contribution is -2.14. The molecular weight excluding hydrogens is 340 g/mol. The van der Waals surface area contributed by atoms with Crippen molar-refractivity contribution in [3.63, 3.8) is 0 Å². The molecule has 0 unspecified atom stereocenters. The standard InChI is InChI=1S/C13H10N4O6S/c14-9-5-7(17(19)20)1-3-10(9)16-24(21,22)8-2-4-12-11(6-8)15-13(18)23-12/h1-6,16H,14H2,(H,15,18). The molecule has 0 aliphatic carbocycles. The van der Waals surface area contributed by atoms with E-state index >= 15 is 0 Å². The molecule has 10 nitrogen and oxygen atoms in total. The van der Waals surface area contributed by atoms with Gasteiger partial charge in [0.05, 0.1) is 26.7 Å². The second-order valence-electron chi connectivity index (χ2n) is 4.81. The number of aromatic amines is 1. The van der Waals surface area contributed by atoms with Crippen LogP contribution in [-0.2, 0) is 10.0 Å². The van der Waals surface area contributed by atoms with Gasteiger partial charge in [-0.1, -0.05) is 0 Å². The number of H-pyrrole nitrogens is 1. The van der Waals surface area contributed by atoms with Gasteiger partial charge in [0, 0.05) is 12.1 Å².